The average molecular weight is 378 g/mol. The lowest BCUT2D eigenvalue weighted by molar-refractivity contribution is 0.0928. The van der Waals surface area contributed by atoms with Crippen LogP contribution in [0.5, 0.6) is 5.75 Å². The van der Waals surface area contributed by atoms with Gasteiger partial charge in [0, 0.05) is 11.5 Å². The van der Waals surface area contributed by atoms with Crippen LogP contribution in [0, 0.1) is 6.92 Å². The van der Waals surface area contributed by atoms with E-state index >= 15 is 0 Å². The molecule has 3 rings (SSSR count). The Morgan fingerprint density at radius 3 is 2.26 bits per heavy atom. The van der Waals surface area contributed by atoms with Gasteiger partial charge in [0.15, 0.2) is 0 Å². The van der Waals surface area contributed by atoms with Gasteiger partial charge in [-0.25, -0.2) is 4.79 Å². The third-order valence-electron chi connectivity index (χ3n) is 4.11. The third-order valence-corrected chi connectivity index (χ3v) is 5.16. The summed E-state index contributed by atoms with van der Waals surface area (Å²) in [6.07, 6.45) is -0.694. The molecule has 0 heterocycles. The monoisotopic (exact) mass is 378 g/mol. The van der Waals surface area contributed by atoms with Crippen molar-refractivity contribution >= 4 is 17.9 Å². The molecule has 0 N–H and O–H groups in total. The molecule has 0 aliphatic heterocycles. The Hall–Kier alpha value is -2.72. The van der Waals surface area contributed by atoms with Crippen molar-refractivity contribution in [3.63, 3.8) is 0 Å². The molecule has 27 heavy (non-hydrogen) atoms. The second kappa shape index (κ2) is 9.83. The molecule has 0 spiro atoms. The number of ether oxygens (including phenoxy) is 2. The van der Waals surface area contributed by atoms with Crippen molar-refractivity contribution in [2.75, 3.05) is 0 Å². The van der Waals surface area contributed by atoms with Crippen molar-refractivity contribution in [3.05, 3.63) is 101 Å². The van der Waals surface area contributed by atoms with Gasteiger partial charge in [0.1, 0.15) is 12.4 Å². The molecule has 0 bridgehead atoms. The number of carbonyl (C=O) groups excluding carboxylic acids is 1. The Kier molecular flexibility index (Phi) is 6.94. The van der Waals surface area contributed by atoms with Gasteiger partial charge in [-0.1, -0.05) is 66.7 Å². The maximum absolute atomic E-state index is 11.8. The number of aryl methyl sites for hydroxylation is 1. The Balaban J connectivity index is 1.43. The molecule has 0 unspecified atom stereocenters. The van der Waals surface area contributed by atoms with Crippen LogP contribution in [0.4, 0.5) is 4.79 Å². The van der Waals surface area contributed by atoms with Gasteiger partial charge in [-0.3, -0.25) is 0 Å². The minimum absolute atomic E-state index is 0.202. The molecule has 3 aromatic rings. The molecule has 0 aliphatic carbocycles. The summed E-state index contributed by atoms with van der Waals surface area (Å²) >= 11 is 1.87. The molecule has 3 aromatic carbocycles. The number of rotatable bonds is 7. The molecule has 4 heteroatoms. The van der Waals surface area contributed by atoms with Gasteiger partial charge >= 0.3 is 6.16 Å². The van der Waals surface area contributed by atoms with Crippen molar-refractivity contribution in [2.45, 2.75) is 25.0 Å². The highest BCUT2D eigenvalue weighted by Crippen LogP contribution is 2.22. The van der Waals surface area contributed by atoms with E-state index in [9.17, 15) is 4.79 Å². The summed E-state index contributed by atoms with van der Waals surface area (Å²) in [7, 11) is 0. The fourth-order valence-corrected chi connectivity index (χ4v) is 3.62. The molecule has 0 saturated heterocycles. The van der Waals surface area contributed by atoms with Gasteiger partial charge in [0.05, 0.1) is 0 Å². The highest BCUT2D eigenvalue weighted by Gasteiger charge is 2.07. The minimum atomic E-state index is -0.694. The Bertz CT molecular complexity index is 860. The molecular weight excluding hydrogens is 356 g/mol. The summed E-state index contributed by atoms with van der Waals surface area (Å²) in [5.74, 6) is 2.38. The van der Waals surface area contributed by atoms with E-state index in [2.05, 4.69) is 31.2 Å². The highest BCUT2D eigenvalue weighted by atomic mass is 32.2. The highest BCUT2D eigenvalue weighted by molar-refractivity contribution is 7.97. The maximum Gasteiger partial charge on any atom is 0.514 e. The minimum Gasteiger partial charge on any atom is -0.429 e. The standard InChI is InChI=1S/C23H22O3S/c1-18-7-5-6-10-21(18)17-27-16-20-11-13-22(14-12-20)26-23(24)25-15-19-8-3-2-4-9-19/h2-14H,15-17H2,1H3. The number of hydrogen-bond acceptors (Lipinski definition) is 4. The smallest absolute Gasteiger partial charge is 0.429 e. The number of hydrogen-bond donors (Lipinski definition) is 0. The Morgan fingerprint density at radius 1 is 0.815 bits per heavy atom. The predicted molar refractivity (Wildman–Crippen MR) is 110 cm³/mol. The number of benzene rings is 3. The van der Waals surface area contributed by atoms with Gasteiger partial charge in [-0.05, 0) is 41.3 Å². The summed E-state index contributed by atoms with van der Waals surface area (Å²) in [6, 6.07) is 25.5. The van der Waals surface area contributed by atoms with Crippen LogP contribution in [0.15, 0.2) is 78.9 Å². The molecule has 0 atom stereocenters. The number of carbonyl (C=O) groups is 1. The van der Waals surface area contributed by atoms with Crippen LogP contribution in [-0.2, 0) is 22.8 Å². The molecule has 0 amide bonds. The van der Waals surface area contributed by atoms with Crippen LogP contribution >= 0.6 is 11.8 Å². The van der Waals surface area contributed by atoms with E-state index in [1.54, 1.807) is 12.1 Å². The van der Waals surface area contributed by atoms with Crippen LogP contribution in [-0.4, -0.2) is 6.16 Å². The molecule has 0 radical (unpaired) electrons. The molecule has 0 aliphatic rings. The lowest BCUT2D eigenvalue weighted by Crippen LogP contribution is -2.10. The van der Waals surface area contributed by atoms with Crippen molar-refractivity contribution in [3.8, 4) is 5.75 Å². The molecular formula is C23H22O3S. The Labute approximate surface area is 164 Å². The summed E-state index contributed by atoms with van der Waals surface area (Å²) in [5.41, 5.74) is 4.81. The van der Waals surface area contributed by atoms with Crippen LogP contribution < -0.4 is 4.74 Å². The van der Waals surface area contributed by atoms with E-state index in [1.165, 1.54) is 16.7 Å². The van der Waals surface area contributed by atoms with Crippen molar-refractivity contribution in [1.29, 1.82) is 0 Å². The first kappa shape index (κ1) is 19.1. The second-order valence-corrected chi connectivity index (χ2v) is 7.18. The normalized spacial score (nSPS) is 10.4. The largest absolute Gasteiger partial charge is 0.514 e. The van der Waals surface area contributed by atoms with Crippen molar-refractivity contribution in [1.82, 2.24) is 0 Å². The first-order valence-corrected chi connectivity index (χ1v) is 9.96. The van der Waals surface area contributed by atoms with Crippen LogP contribution in [0.1, 0.15) is 22.3 Å². The average Bonchev–Trinajstić information content (AvgIpc) is 2.70. The first-order valence-electron chi connectivity index (χ1n) is 8.80. The van der Waals surface area contributed by atoms with Crippen LogP contribution in [0.25, 0.3) is 0 Å². The second-order valence-electron chi connectivity index (χ2n) is 6.19. The Morgan fingerprint density at radius 2 is 1.52 bits per heavy atom. The lowest BCUT2D eigenvalue weighted by atomic mass is 10.1. The zero-order valence-corrected chi connectivity index (χ0v) is 16.1. The topological polar surface area (TPSA) is 35.5 Å². The van der Waals surface area contributed by atoms with Gasteiger partial charge in [0.25, 0.3) is 0 Å². The summed E-state index contributed by atoms with van der Waals surface area (Å²) in [6.45, 7) is 2.34. The lowest BCUT2D eigenvalue weighted by Gasteiger charge is -2.08. The SMILES string of the molecule is Cc1ccccc1CSCc1ccc(OC(=O)OCc2ccccc2)cc1. The van der Waals surface area contributed by atoms with E-state index in [1.807, 2.05) is 54.2 Å². The zero-order valence-electron chi connectivity index (χ0n) is 15.3. The van der Waals surface area contributed by atoms with E-state index in [-0.39, 0.29) is 6.61 Å². The molecule has 138 valence electrons. The number of thioether (sulfide) groups is 1. The predicted octanol–water partition coefficient (Wildman–Crippen LogP) is 6.14. The van der Waals surface area contributed by atoms with E-state index < -0.39 is 6.16 Å². The quantitative estimate of drug-likeness (QED) is 0.365. The van der Waals surface area contributed by atoms with Crippen LogP contribution in [0.2, 0.25) is 0 Å². The van der Waals surface area contributed by atoms with Crippen molar-refractivity contribution in [2.24, 2.45) is 0 Å². The molecule has 3 nitrogen and oxygen atoms in total. The zero-order chi connectivity index (χ0) is 18.9. The summed E-state index contributed by atoms with van der Waals surface area (Å²) < 4.78 is 10.3. The fraction of sp³-hybridized carbons (Fsp3) is 0.174. The molecule has 0 saturated carbocycles. The van der Waals surface area contributed by atoms with Gasteiger partial charge in [-0.2, -0.15) is 11.8 Å². The summed E-state index contributed by atoms with van der Waals surface area (Å²) in [4.78, 5) is 11.8. The molecule has 0 aromatic heterocycles. The van der Waals surface area contributed by atoms with Gasteiger partial charge in [-0.15, -0.1) is 0 Å². The maximum atomic E-state index is 11.8. The molecule has 0 fully saturated rings. The van der Waals surface area contributed by atoms with Crippen molar-refractivity contribution < 1.29 is 14.3 Å². The van der Waals surface area contributed by atoms with E-state index in [4.69, 9.17) is 9.47 Å². The fourth-order valence-electron chi connectivity index (χ4n) is 2.55. The van der Waals surface area contributed by atoms with Gasteiger partial charge < -0.3 is 9.47 Å². The van der Waals surface area contributed by atoms with Crippen LogP contribution in [0.3, 0.4) is 0 Å². The van der Waals surface area contributed by atoms with E-state index in [0.717, 1.165) is 17.1 Å². The summed E-state index contributed by atoms with van der Waals surface area (Å²) in [5, 5.41) is 0. The van der Waals surface area contributed by atoms with Gasteiger partial charge in [0.2, 0.25) is 0 Å². The first-order chi connectivity index (χ1) is 13.2. The third kappa shape index (κ3) is 6.19. The van der Waals surface area contributed by atoms with E-state index in [0.29, 0.717) is 5.75 Å².